The molecule has 0 aromatic carbocycles. The van der Waals surface area contributed by atoms with Gasteiger partial charge in [0.15, 0.2) is 0 Å². The fraction of sp³-hybridized carbons (Fsp3) is 0. The van der Waals surface area contributed by atoms with Crippen LogP contribution in [0.4, 0.5) is 0 Å². The van der Waals surface area contributed by atoms with Crippen LogP contribution >= 0.6 is 46.9 Å². The van der Waals surface area contributed by atoms with Crippen molar-refractivity contribution in [3.8, 4) is 0 Å². The largest absolute Gasteiger partial charge is 1.00 e. The van der Waals surface area contributed by atoms with E-state index in [1.807, 2.05) is 0 Å². The zero-order chi connectivity index (χ0) is 27.0. The normalized spacial score (nSPS) is 2.51. The molecule has 192 valence electrons. The molecule has 0 fully saturated rings. The monoisotopic (exact) mass is 3140 g/mol. The van der Waals surface area contributed by atoms with Gasteiger partial charge in [-0.05, 0) is 0 Å². The van der Waals surface area contributed by atoms with Gasteiger partial charge in [-0.25, -0.2) is 27.4 Å². The third-order valence-electron chi connectivity index (χ3n) is 0. The molecule has 0 aliphatic rings. The number of rotatable bonds is 0. The summed E-state index contributed by atoms with van der Waals surface area (Å²) in [4.78, 5) is 129. The van der Waals surface area contributed by atoms with E-state index in [1.165, 1.54) is 0 Å². The fourth-order valence-corrected chi connectivity index (χ4v) is 0. The first-order valence-electron chi connectivity index (χ1n) is 4.70. The van der Waals surface area contributed by atoms with Crippen LogP contribution in [0.2, 0.25) is 0 Å². The number of hydrogen-bond donors (Lipinski definition) is 18. The molecule has 18 N–H and O–H groups in total. The first-order valence-corrected chi connectivity index (χ1v) is 14.1. The molecule has 0 atom stereocenters. The molecule has 0 unspecified atom stereocenters. The van der Waals surface area contributed by atoms with E-state index in [9.17, 15) is 0 Å². The molecule has 0 aliphatic heterocycles. The molecule has 0 saturated carbocycles. The molecule has 0 radical (unpaired) electrons. The maximum atomic E-state index is 8.88. The van der Waals surface area contributed by atoms with E-state index in [4.69, 9.17) is 115 Å². The van der Waals surface area contributed by atoms with Gasteiger partial charge in [0, 0.05) is 0 Å². The Morgan fingerprint density at radius 3 is 0.0496 bits per heavy atom. The van der Waals surface area contributed by atoms with Crippen molar-refractivity contribution in [2.24, 2.45) is 0 Å². The molecule has 141 heteroatoms. The molecule has 0 aromatic heterocycles. The molecule has 0 spiro atoms. The van der Waals surface area contributed by atoms with Crippen LogP contribution in [0.15, 0.2) is 0 Å². The van der Waals surface area contributed by atoms with Gasteiger partial charge in [-0.2, -0.15) is 0 Å². The average molecular weight is 3140 g/mol. The van der Waals surface area contributed by atoms with Crippen LogP contribution in [-0.2, 0) is 27.4 Å². The van der Waals surface area contributed by atoms with E-state index in [2.05, 4.69) is 0 Å². The second kappa shape index (κ2) is 725. The molecule has 0 rings (SSSR count). The molecule has 0 saturated heterocycles. The van der Waals surface area contributed by atoms with E-state index in [0.29, 0.717) is 0 Å². The van der Waals surface area contributed by atoms with Gasteiger partial charge >= 0.3 is 3330 Å². The molecule has 0 aromatic rings. The Bertz CT molecular complexity index is 559. The summed E-state index contributed by atoms with van der Waals surface area (Å²) in [5, 5.41) is 0. The van der Waals surface area contributed by atoms with Crippen LogP contribution in [0, 0.1) is 0 Å². The Morgan fingerprint density at radius 1 is 0.0496 bits per heavy atom. The van der Waals surface area contributed by atoms with Crippen molar-refractivity contribution in [2.75, 3.05) is 0 Å². The topological polar surface area (TPSA) is 467 Å². The first-order chi connectivity index (χ1) is 12.0. The Kier molecular flexibility index (Phi) is 4470. The summed E-state index contributed by atoms with van der Waals surface area (Å²) >= 11 is 0. The second-order valence-electron chi connectivity index (χ2n) is 3.08. The van der Waals surface area contributed by atoms with Gasteiger partial charge in [0.05, 0.1) is 0 Å². The predicted molar refractivity (Wildman–Crippen MR) is 85.6 cm³/mol. The van der Waals surface area contributed by atoms with Crippen molar-refractivity contribution in [1.29, 1.82) is 0 Å². The van der Waals surface area contributed by atoms with Crippen LogP contribution in [0.25, 0.3) is 0 Å². The zero-order valence-corrected chi connectivity index (χ0v) is 352. The van der Waals surface area contributed by atoms with Crippen molar-refractivity contribution in [1.82, 2.24) is 0 Å². The van der Waals surface area contributed by atoms with Crippen LogP contribution in [-0.4, -0.2) is 88.1 Å². The Morgan fingerprint density at radius 2 is 0.0496 bits per heavy atom. The third kappa shape index (κ3) is 1260. The van der Waals surface area contributed by atoms with Crippen LogP contribution in [0.5, 0.6) is 0 Å². The smallest absolute Gasteiger partial charge is 0.303 e. The Labute approximate surface area is 3320 Å². The molecule has 0 aliphatic carbocycles. The SMILES string of the molecule is O=P(O)(O)O.O=P(O)(O)O.O=P(O)(O)O.O=P(O)(O)O.O=P(O)(O)O.O=P(O)(O)O.[Na+].[Na+].[Na+].[Na+].[Na+].[Na+].[Na+].[Na+].[Na+].[Na+].[Na+].[Na+].[Na+].[Na+].[Na+].[Na+].[Na+].[Na+].[Na+].[Na+].[Na+].[Na+].[Na+].[Na+].[Na+].[Na+].[Na+].[Na+].[Na+].[Na+].[Na+].[Na+].[Na+].[Na+].[Na+].[Na+].[Na+].[Na+].[Na+].[Na+].[Na+].[Na+].[Na+].[Na+].[Na+].[Na+].[Na+].[Na+].[Na+].[Na+].[Na+].[Na+].[Na+].[Na+].[Na+].[Na+].[Na+].[Na+].[Na+].[Na+].[Na+].[Na+].[Na+].[Na+].[Na+].[Na+].[Na+].[Na+].[Na+].[Na+].[Na+].[Na+].[Na+].[Na+].[Na+].[Na+].[Na+].[Na+].[Na+].[Na+].[Na+].[Na+].[Na+].[Na+].[Na+].[Na+].[Na+].[Na+].[Na+].[Na+].[Na+].[Na+].[Na+].[Na+].[Na+].[Na+].[Na+].[Na+].[Na+].[Na+].[Na+].[Na+].[Na+].[Na+].[Na+].[Na+].[Na+].[Na+].[Na+].[Na+].[Na+]. The summed E-state index contributed by atoms with van der Waals surface area (Å²) in [7, 11) is -27.8. The van der Waals surface area contributed by atoms with Crippen LogP contribution in [0.1, 0.15) is 0 Å². The van der Waals surface area contributed by atoms with Crippen molar-refractivity contribution in [3.05, 3.63) is 0 Å². The molecular weight excluding hydrogens is 3120 g/mol. The second-order valence-corrected chi connectivity index (χ2v) is 9.24. The van der Waals surface area contributed by atoms with Crippen molar-refractivity contribution in [3.63, 3.8) is 0 Å². The summed E-state index contributed by atoms with van der Waals surface area (Å²) in [5.74, 6) is 0. The Balaban J connectivity index is -0.000000000368. The van der Waals surface area contributed by atoms with E-state index in [1.54, 1.807) is 0 Å². The summed E-state index contributed by atoms with van der Waals surface area (Å²) in [5.41, 5.74) is 0. The minimum Gasteiger partial charge on any atom is -0.303 e. The Hall–Kier alpha value is 112. The number of hydrogen-bond acceptors (Lipinski definition) is 6. The maximum absolute atomic E-state index is 8.88. The standard InChI is InChI=1S/111Na.6H3O4P/c;;;;;;;;;;;;;;;;;;;;;;;;;;;;;;;;;;;;;;;;;;;;;;;;;;;;;;;;;;;;;;;;;;;;;;;;;;;;;;;;;;;;;;;;;;;;;;;;;;;;;;;;;;;;;;;6*1-5(2,3)4/h;;;;;;;;;;;;;;;;;;;;;;;;;;;;;;;;;;;;;;;;;;;;;;;;;;;;;;;;;;;;;;;;;;;;;;;;;;;;;;;;;;;;;;;;;;;;;;;;;;;;;;;;;;;;;;;6*(H3,1,2,3,4)/q111*+1;;;;;;. The van der Waals surface area contributed by atoms with Gasteiger partial charge in [-0.15, -0.1) is 0 Å². The van der Waals surface area contributed by atoms with Crippen molar-refractivity contribution < 1.29 is 3400 Å². The zero-order valence-electron chi connectivity index (χ0n) is 124. The van der Waals surface area contributed by atoms with Gasteiger partial charge in [-0.3, -0.25) is 0 Å². The third-order valence-corrected chi connectivity index (χ3v) is 0. The van der Waals surface area contributed by atoms with Gasteiger partial charge < -0.3 is 88.1 Å². The van der Waals surface area contributed by atoms with Crippen molar-refractivity contribution >= 4 is 46.9 Å². The summed E-state index contributed by atoms with van der Waals surface area (Å²) in [6, 6.07) is 0. The van der Waals surface area contributed by atoms with Crippen LogP contribution in [0.3, 0.4) is 0 Å². The first kappa shape index (κ1) is 869. The van der Waals surface area contributed by atoms with E-state index >= 15 is 0 Å². The molecule has 0 heterocycles. The van der Waals surface area contributed by atoms with Crippen molar-refractivity contribution in [2.45, 2.75) is 0 Å². The quantitative estimate of drug-likeness (QED) is 0.0791. The molecule has 0 bridgehead atoms. The molecule has 141 heavy (non-hydrogen) atoms. The van der Waals surface area contributed by atoms with Crippen LogP contribution < -0.4 is 3280 Å². The minimum absolute atomic E-state index is 0. The predicted octanol–water partition coefficient (Wildman–Crippen LogP) is -338. The van der Waals surface area contributed by atoms with Gasteiger partial charge in [0.1, 0.15) is 0 Å². The number of phosphoric acid groups is 6. The van der Waals surface area contributed by atoms with Gasteiger partial charge in [0.25, 0.3) is 0 Å². The summed E-state index contributed by atoms with van der Waals surface area (Å²) in [6.07, 6.45) is 0. The van der Waals surface area contributed by atoms with E-state index < -0.39 is 46.9 Å². The van der Waals surface area contributed by atoms with E-state index in [-0.39, 0.29) is 3280 Å². The fourth-order valence-electron chi connectivity index (χ4n) is 0. The summed E-state index contributed by atoms with van der Waals surface area (Å²) in [6.45, 7) is 0. The molecular formula is H18Na111O24P6+111. The molecule has 24 nitrogen and oxygen atoms in total. The van der Waals surface area contributed by atoms with E-state index in [0.717, 1.165) is 0 Å². The van der Waals surface area contributed by atoms with Gasteiger partial charge in [-0.1, -0.05) is 0 Å². The van der Waals surface area contributed by atoms with Gasteiger partial charge in [0.2, 0.25) is 0 Å². The molecule has 0 amide bonds. The average Bonchev–Trinajstić information content (AvgIpc) is 1.94. The summed E-state index contributed by atoms with van der Waals surface area (Å²) < 4.78 is 53.3. The minimum atomic E-state index is -4.64. The maximum Gasteiger partial charge on any atom is 1.00 e.